The number of rotatable bonds is 34. The van der Waals surface area contributed by atoms with Gasteiger partial charge in [-0.15, -0.1) is 0 Å². The molecule has 24 nitrogen and oxygen atoms in total. The van der Waals surface area contributed by atoms with Crippen molar-refractivity contribution in [2.24, 2.45) is 11.3 Å². The fraction of sp³-hybridized carbons (Fsp3) is 0.795. The molecule has 2 aromatic rings. The van der Waals surface area contributed by atoms with E-state index in [2.05, 4.69) is 48.3 Å². The van der Waals surface area contributed by atoms with Crippen LogP contribution in [0.5, 0.6) is 0 Å². The Morgan fingerprint density at radius 1 is 0.896 bits per heavy atom. The Hall–Kier alpha value is -2.44. The first-order chi connectivity index (χ1) is 31.4. The van der Waals surface area contributed by atoms with E-state index in [1.165, 1.54) is 78.1 Å². The van der Waals surface area contributed by atoms with E-state index in [9.17, 15) is 57.9 Å². The van der Waals surface area contributed by atoms with Gasteiger partial charge in [0.15, 0.2) is 22.8 Å². The predicted octanol–water partition coefficient (Wildman–Crippen LogP) is 4.78. The molecule has 0 aromatic carbocycles. The number of carbonyl (C=O) groups excluding carboxylic acids is 3. The minimum absolute atomic E-state index is 0.0338. The Balaban J connectivity index is 1.31. The fourth-order valence-corrected chi connectivity index (χ4v) is 10.6. The van der Waals surface area contributed by atoms with Crippen molar-refractivity contribution in [2.45, 2.75) is 155 Å². The molecule has 0 spiro atoms. The van der Waals surface area contributed by atoms with Crippen molar-refractivity contribution < 1.29 is 80.5 Å². The van der Waals surface area contributed by atoms with Gasteiger partial charge in [0.05, 0.1) is 19.5 Å². The van der Waals surface area contributed by atoms with Crippen LogP contribution in [0.25, 0.3) is 11.2 Å². The minimum Gasteiger partial charge on any atom is -0.386 e. The maximum Gasteiger partial charge on any atom is 0.481 e. The van der Waals surface area contributed by atoms with Crippen LogP contribution >= 0.6 is 35.2 Å². The Labute approximate surface area is 395 Å². The fourth-order valence-electron chi connectivity index (χ4n) is 7.08. The second kappa shape index (κ2) is 28.4. The highest BCUT2D eigenvalue weighted by Gasteiger charge is 2.50. The second-order valence-electron chi connectivity index (χ2n) is 17.3. The Bertz CT molecular complexity index is 2010. The SMILES string of the molecule is CCCCCCCC(C)CCCCCCCCC(=O)SCCNC(=O)CCNC(=O)C(O)C(C)(C)COP(=O)(O)OP(=O)(O)OCC1OC(n2cnc3c(N)ncnc32)C(O)C1OP(=O)(O)O. The molecule has 1 aliphatic heterocycles. The van der Waals surface area contributed by atoms with Crippen molar-refractivity contribution in [1.82, 2.24) is 30.2 Å². The molecule has 1 fully saturated rings. The number of nitrogens with two attached hydrogens (primary N) is 1. The average Bonchev–Trinajstić information content (AvgIpc) is 3.81. The monoisotopic (exact) mass is 1030 g/mol. The molecule has 8 atom stereocenters. The van der Waals surface area contributed by atoms with Gasteiger partial charge in [0.2, 0.25) is 11.8 Å². The van der Waals surface area contributed by atoms with Crippen LogP contribution in [0.2, 0.25) is 0 Å². The van der Waals surface area contributed by atoms with E-state index in [4.69, 9.17) is 19.5 Å². The van der Waals surface area contributed by atoms with Crippen LogP contribution in [0.3, 0.4) is 0 Å². The lowest BCUT2D eigenvalue weighted by Crippen LogP contribution is -2.46. The topological polar surface area (TPSA) is 364 Å². The Morgan fingerprint density at radius 2 is 1.52 bits per heavy atom. The van der Waals surface area contributed by atoms with Gasteiger partial charge >= 0.3 is 23.5 Å². The van der Waals surface area contributed by atoms with Gasteiger partial charge in [-0.25, -0.2) is 28.6 Å². The quantitative estimate of drug-likeness (QED) is 0.0336. The number of phosphoric ester groups is 3. The van der Waals surface area contributed by atoms with Crippen molar-refractivity contribution in [3.05, 3.63) is 12.7 Å². The molecular formula is C39H70N7O17P3S. The van der Waals surface area contributed by atoms with Gasteiger partial charge in [0.25, 0.3) is 0 Å². The number of imidazole rings is 1. The molecule has 0 radical (unpaired) electrons. The lowest BCUT2D eigenvalue weighted by atomic mass is 9.87. The number of aromatic nitrogens is 4. The normalized spacial score (nSPS) is 20.6. The number of anilines is 1. The molecule has 3 rings (SSSR count). The van der Waals surface area contributed by atoms with Gasteiger partial charge < -0.3 is 50.9 Å². The number of phosphoric acid groups is 3. The number of nitrogen functional groups attached to an aromatic ring is 1. The van der Waals surface area contributed by atoms with E-state index < -0.39 is 84.6 Å². The van der Waals surface area contributed by atoms with Gasteiger partial charge in [-0.1, -0.05) is 117 Å². The molecule has 0 aliphatic carbocycles. The summed E-state index contributed by atoms with van der Waals surface area (Å²) in [5, 5.41) is 26.7. The summed E-state index contributed by atoms with van der Waals surface area (Å²) in [6, 6.07) is 0. The minimum atomic E-state index is -5.57. The number of thioether (sulfide) groups is 1. The van der Waals surface area contributed by atoms with E-state index in [0.717, 1.165) is 54.2 Å². The molecule has 384 valence electrons. The first kappa shape index (κ1) is 58.9. The first-order valence-electron chi connectivity index (χ1n) is 22.5. The average molecular weight is 1030 g/mol. The maximum absolute atomic E-state index is 12.7. The summed E-state index contributed by atoms with van der Waals surface area (Å²) in [5.41, 5.74) is 4.29. The third-order valence-electron chi connectivity index (χ3n) is 10.9. The van der Waals surface area contributed by atoms with Crippen molar-refractivity contribution >= 4 is 69.1 Å². The molecule has 67 heavy (non-hydrogen) atoms. The Kier molecular flexibility index (Phi) is 25.0. The highest BCUT2D eigenvalue weighted by molar-refractivity contribution is 8.13. The third-order valence-corrected chi connectivity index (χ3v) is 14.9. The molecule has 8 unspecified atom stereocenters. The van der Waals surface area contributed by atoms with Crippen molar-refractivity contribution in [3.63, 3.8) is 0 Å². The van der Waals surface area contributed by atoms with Gasteiger partial charge in [-0.05, 0) is 12.3 Å². The van der Waals surface area contributed by atoms with Gasteiger partial charge in [0, 0.05) is 37.1 Å². The zero-order valence-corrected chi connectivity index (χ0v) is 42.1. The van der Waals surface area contributed by atoms with Crippen LogP contribution in [-0.4, -0.2) is 123 Å². The summed E-state index contributed by atoms with van der Waals surface area (Å²) in [7, 11) is -16.4. The van der Waals surface area contributed by atoms with E-state index in [1.54, 1.807) is 0 Å². The molecular weight excluding hydrogens is 963 g/mol. The number of carbonyl (C=O) groups is 3. The van der Waals surface area contributed by atoms with E-state index >= 15 is 0 Å². The summed E-state index contributed by atoms with van der Waals surface area (Å²) >= 11 is 1.16. The van der Waals surface area contributed by atoms with E-state index in [1.807, 2.05) is 0 Å². The molecule has 2 aromatic heterocycles. The molecule has 1 aliphatic rings. The van der Waals surface area contributed by atoms with Crippen LogP contribution in [0.15, 0.2) is 12.7 Å². The van der Waals surface area contributed by atoms with Crippen LogP contribution in [0, 0.1) is 11.3 Å². The van der Waals surface area contributed by atoms with Crippen molar-refractivity contribution in [2.75, 3.05) is 37.8 Å². The zero-order chi connectivity index (χ0) is 49.8. The smallest absolute Gasteiger partial charge is 0.386 e. The number of nitrogens with one attached hydrogen (secondary N) is 2. The Morgan fingerprint density at radius 3 is 2.18 bits per heavy atom. The molecule has 0 bridgehead atoms. The standard InChI is InChI=1S/C39H70N7O17P3S/c1-5-6-7-10-13-16-27(2)17-14-11-8-9-12-15-18-30(48)67-22-21-41-29(47)19-20-42-37(51)34(50)39(3,4)24-60-66(57,58)63-65(55,56)59-23-28-33(62-64(52,53)54)32(49)38(61-28)46-26-45-31-35(40)43-25-44-36(31)46/h25-28,32-34,38,49-50H,5-24H2,1-4H3,(H,41,47)(H,42,51)(H,55,56)(H,57,58)(H2,40,43,44)(H2,52,53,54). The van der Waals surface area contributed by atoms with E-state index in [-0.39, 0.29) is 41.6 Å². The summed E-state index contributed by atoms with van der Waals surface area (Å²) in [6.45, 7) is 5.17. The van der Waals surface area contributed by atoms with Gasteiger partial charge in [0.1, 0.15) is 36.3 Å². The summed E-state index contributed by atoms with van der Waals surface area (Å²) < 4.78 is 62.4. The maximum atomic E-state index is 12.7. The summed E-state index contributed by atoms with van der Waals surface area (Å²) in [4.78, 5) is 88.4. The molecule has 1 saturated heterocycles. The number of aliphatic hydroxyl groups is 2. The molecule has 10 N–H and O–H groups in total. The highest BCUT2D eigenvalue weighted by atomic mass is 32.2. The molecule has 0 saturated carbocycles. The number of nitrogens with zero attached hydrogens (tertiary/aromatic N) is 4. The first-order valence-corrected chi connectivity index (χ1v) is 28.0. The zero-order valence-electron chi connectivity index (χ0n) is 38.6. The van der Waals surface area contributed by atoms with Crippen LogP contribution in [-0.2, 0) is 50.7 Å². The van der Waals surface area contributed by atoms with Gasteiger partial charge in [-0.3, -0.25) is 32.5 Å². The number of ether oxygens (including phenoxy) is 1. The van der Waals surface area contributed by atoms with E-state index in [0.29, 0.717) is 12.2 Å². The van der Waals surface area contributed by atoms with Gasteiger partial charge in [-0.2, -0.15) is 4.31 Å². The second-order valence-corrected chi connectivity index (χ2v) is 22.6. The lowest BCUT2D eigenvalue weighted by Gasteiger charge is -2.30. The summed E-state index contributed by atoms with van der Waals surface area (Å²) in [5.74, 6) is -0.229. The number of aliphatic hydroxyl groups excluding tert-OH is 2. The lowest BCUT2D eigenvalue weighted by molar-refractivity contribution is -0.137. The largest absolute Gasteiger partial charge is 0.481 e. The van der Waals surface area contributed by atoms with Crippen LogP contribution in [0.1, 0.15) is 130 Å². The van der Waals surface area contributed by atoms with Crippen LogP contribution in [0.4, 0.5) is 5.82 Å². The number of amides is 2. The van der Waals surface area contributed by atoms with Crippen LogP contribution < -0.4 is 16.4 Å². The predicted molar refractivity (Wildman–Crippen MR) is 247 cm³/mol. The molecule has 3 heterocycles. The number of unbranched alkanes of at least 4 members (excludes halogenated alkanes) is 9. The number of hydrogen-bond acceptors (Lipinski definition) is 18. The third kappa shape index (κ3) is 21.6. The van der Waals surface area contributed by atoms with Crippen molar-refractivity contribution in [1.29, 1.82) is 0 Å². The van der Waals surface area contributed by atoms with Crippen molar-refractivity contribution in [3.8, 4) is 0 Å². The highest BCUT2D eigenvalue weighted by Crippen LogP contribution is 2.61. The molecule has 2 amide bonds. The molecule has 28 heteroatoms. The summed E-state index contributed by atoms with van der Waals surface area (Å²) in [6.07, 6.45) is 9.49. The number of hydrogen-bond donors (Lipinski definition) is 9. The number of fused-ring (bicyclic) bond motifs is 1.